The van der Waals surface area contributed by atoms with Crippen LogP contribution in [0.15, 0.2) is 72.8 Å². The summed E-state index contributed by atoms with van der Waals surface area (Å²) in [5.41, 5.74) is 6.35. The Hall–Kier alpha value is -3.70. The average Bonchev–Trinajstić information content (AvgIpc) is 3.29. The molecule has 2 aliphatic rings. The highest BCUT2D eigenvalue weighted by Gasteiger charge is 2.46. The number of aromatic nitrogens is 2. The Morgan fingerprint density at radius 1 is 0.943 bits per heavy atom. The number of H-pyrrole nitrogens is 1. The molecule has 0 radical (unpaired) electrons. The molecule has 3 heterocycles. The Morgan fingerprint density at radius 3 is 2.49 bits per heavy atom. The summed E-state index contributed by atoms with van der Waals surface area (Å²) >= 11 is 0. The van der Waals surface area contributed by atoms with E-state index >= 15 is 0 Å². The normalized spacial score (nSPS) is 17.8. The zero-order chi connectivity index (χ0) is 23.8. The van der Waals surface area contributed by atoms with Crippen LogP contribution in [0.25, 0.3) is 34.2 Å². The van der Waals surface area contributed by atoms with Crippen LogP contribution in [0.1, 0.15) is 34.5 Å². The molecule has 1 amide bonds. The van der Waals surface area contributed by atoms with Crippen molar-refractivity contribution in [2.75, 3.05) is 33.2 Å². The summed E-state index contributed by atoms with van der Waals surface area (Å²) in [5.74, 6) is 0.127. The van der Waals surface area contributed by atoms with E-state index in [1.807, 2.05) is 35.2 Å². The summed E-state index contributed by atoms with van der Waals surface area (Å²) in [6.45, 7) is 4.02. The lowest BCUT2D eigenvalue weighted by Crippen LogP contribution is -2.61. The van der Waals surface area contributed by atoms with Gasteiger partial charge in [0.15, 0.2) is 0 Å². The molecule has 35 heavy (non-hydrogen) atoms. The van der Waals surface area contributed by atoms with Crippen molar-refractivity contribution >= 4 is 29.0 Å². The number of carbonyl (C=O) groups is 1. The summed E-state index contributed by atoms with van der Waals surface area (Å²) in [6.07, 6.45) is 6.51. The lowest BCUT2D eigenvalue weighted by atomic mass is 9.72. The number of nitrogens with one attached hydrogen (secondary N) is 1. The zero-order valence-corrected chi connectivity index (χ0v) is 20.1. The highest BCUT2D eigenvalue weighted by Crippen LogP contribution is 2.40. The number of benzene rings is 3. The van der Waals surface area contributed by atoms with Crippen molar-refractivity contribution in [1.82, 2.24) is 20.0 Å². The van der Waals surface area contributed by atoms with Gasteiger partial charge >= 0.3 is 0 Å². The standard InChI is InChI=1S/C30H30N4O/c1-33-17-15-30(16-18-33)20-34(21-30)29(35)24-12-14-28-26(19-24)27(31-32-28)13-11-23-9-5-6-10-25(23)22-7-3-2-4-8-22/h2-14,19H,15-18,20-21H2,1H3,(H,31,32)/b13-11-. The second kappa shape index (κ2) is 8.82. The van der Waals surface area contributed by atoms with Crippen molar-refractivity contribution in [3.05, 3.63) is 89.6 Å². The van der Waals surface area contributed by atoms with Gasteiger partial charge in [-0.2, -0.15) is 5.10 Å². The molecule has 2 fully saturated rings. The largest absolute Gasteiger partial charge is 0.337 e. The smallest absolute Gasteiger partial charge is 0.253 e. The minimum atomic E-state index is 0.127. The first-order valence-electron chi connectivity index (χ1n) is 12.4. The van der Waals surface area contributed by atoms with Crippen molar-refractivity contribution in [3.8, 4) is 11.1 Å². The van der Waals surface area contributed by atoms with Crippen LogP contribution >= 0.6 is 0 Å². The van der Waals surface area contributed by atoms with Gasteiger partial charge in [-0.15, -0.1) is 0 Å². The quantitative estimate of drug-likeness (QED) is 0.432. The molecule has 2 saturated heterocycles. The fourth-order valence-corrected chi connectivity index (χ4v) is 5.48. The van der Waals surface area contributed by atoms with Gasteiger partial charge in [-0.1, -0.05) is 60.7 Å². The molecule has 176 valence electrons. The van der Waals surface area contributed by atoms with Gasteiger partial charge in [0.25, 0.3) is 5.91 Å². The van der Waals surface area contributed by atoms with E-state index in [1.165, 1.54) is 24.0 Å². The number of amides is 1. The van der Waals surface area contributed by atoms with E-state index in [9.17, 15) is 4.79 Å². The van der Waals surface area contributed by atoms with Crippen molar-refractivity contribution < 1.29 is 4.79 Å². The van der Waals surface area contributed by atoms with Crippen LogP contribution in [0.3, 0.4) is 0 Å². The van der Waals surface area contributed by atoms with Crippen molar-refractivity contribution in [2.45, 2.75) is 12.8 Å². The number of aromatic amines is 1. The fraction of sp³-hybridized carbons (Fsp3) is 0.267. The monoisotopic (exact) mass is 462 g/mol. The molecule has 0 unspecified atom stereocenters. The molecule has 0 aliphatic carbocycles. The maximum absolute atomic E-state index is 13.2. The first-order chi connectivity index (χ1) is 17.1. The Bertz CT molecular complexity index is 1390. The highest BCUT2D eigenvalue weighted by atomic mass is 16.2. The average molecular weight is 463 g/mol. The van der Waals surface area contributed by atoms with Gasteiger partial charge in [-0.05, 0) is 73.9 Å². The summed E-state index contributed by atoms with van der Waals surface area (Å²) in [4.78, 5) is 17.6. The summed E-state index contributed by atoms with van der Waals surface area (Å²) < 4.78 is 0. The molecular formula is C30H30N4O. The number of piperidine rings is 1. The molecule has 2 aliphatic heterocycles. The summed E-state index contributed by atoms with van der Waals surface area (Å²) in [6, 6.07) is 24.6. The van der Waals surface area contributed by atoms with E-state index in [0.29, 0.717) is 5.41 Å². The topological polar surface area (TPSA) is 52.2 Å². The third-order valence-corrected chi connectivity index (χ3v) is 7.69. The maximum atomic E-state index is 13.2. The van der Waals surface area contributed by atoms with Gasteiger partial charge in [0, 0.05) is 29.5 Å². The van der Waals surface area contributed by atoms with Gasteiger partial charge in [0.1, 0.15) is 0 Å². The van der Waals surface area contributed by atoms with Crippen molar-refractivity contribution in [3.63, 3.8) is 0 Å². The molecule has 0 atom stereocenters. The highest BCUT2D eigenvalue weighted by molar-refractivity contribution is 6.00. The Kier molecular flexibility index (Phi) is 5.50. The first kappa shape index (κ1) is 21.8. The zero-order valence-electron chi connectivity index (χ0n) is 20.1. The molecule has 5 nitrogen and oxygen atoms in total. The number of rotatable bonds is 4. The molecule has 4 aromatic rings. The van der Waals surface area contributed by atoms with Crippen LogP contribution in [0.4, 0.5) is 0 Å². The second-order valence-corrected chi connectivity index (χ2v) is 10.1. The van der Waals surface area contributed by atoms with Gasteiger partial charge in [-0.3, -0.25) is 9.89 Å². The number of nitrogens with zero attached hydrogens (tertiary/aromatic N) is 3. The van der Waals surface area contributed by atoms with Crippen LogP contribution in [0.5, 0.6) is 0 Å². The predicted octanol–water partition coefficient (Wildman–Crippen LogP) is 5.57. The van der Waals surface area contributed by atoms with E-state index in [-0.39, 0.29) is 5.91 Å². The third kappa shape index (κ3) is 4.17. The van der Waals surface area contributed by atoms with Gasteiger partial charge in [0.2, 0.25) is 0 Å². The molecule has 1 spiro atoms. The number of carbonyl (C=O) groups excluding carboxylic acids is 1. The lowest BCUT2D eigenvalue weighted by Gasteiger charge is -2.53. The van der Waals surface area contributed by atoms with Crippen LogP contribution in [-0.2, 0) is 0 Å². The molecule has 1 N–H and O–H groups in total. The van der Waals surface area contributed by atoms with Crippen LogP contribution in [-0.4, -0.2) is 59.1 Å². The van der Waals surface area contributed by atoms with Crippen LogP contribution in [0, 0.1) is 5.41 Å². The molecule has 1 aromatic heterocycles. The fourth-order valence-electron chi connectivity index (χ4n) is 5.48. The number of likely N-dealkylation sites (tertiary alicyclic amines) is 2. The van der Waals surface area contributed by atoms with E-state index in [4.69, 9.17) is 0 Å². The van der Waals surface area contributed by atoms with Gasteiger partial charge in [0.05, 0.1) is 11.2 Å². The number of fused-ring (bicyclic) bond motifs is 1. The van der Waals surface area contributed by atoms with Gasteiger partial charge in [-0.25, -0.2) is 0 Å². The molecule has 0 saturated carbocycles. The number of hydrogen-bond acceptors (Lipinski definition) is 3. The van der Waals surface area contributed by atoms with Crippen molar-refractivity contribution in [2.24, 2.45) is 5.41 Å². The van der Waals surface area contributed by atoms with E-state index in [2.05, 4.69) is 76.8 Å². The number of hydrogen-bond donors (Lipinski definition) is 1. The molecular weight excluding hydrogens is 432 g/mol. The summed E-state index contributed by atoms with van der Waals surface area (Å²) in [5, 5.41) is 8.61. The van der Waals surface area contributed by atoms with E-state index in [1.54, 1.807) is 0 Å². The molecule has 6 rings (SSSR count). The van der Waals surface area contributed by atoms with Crippen LogP contribution < -0.4 is 0 Å². The summed E-state index contributed by atoms with van der Waals surface area (Å²) in [7, 11) is 2.18. The third-order valence-electron chi connectivity index (χ3n) is 7.69. The molecule has 5 heteroatoms. The van der Waals surface area contributed by atoms with Crippen molar-refractivity contribution in [1.29, 1.82) is 0 Å². The Morgan fingerprint density at radius 2 is 1.69 bits per heavy atom. The maximum Gasteiger partial charge on any atom is 0.253 e. The Balaban J connectivity index is 1.23. The second-order valence-electron chi connectivity index (χ2n) is 10.1. The minimum absolute atomic E-state index is 0.127. The Labute approximate surface area is 206 Å². The SMILES string of the molecule is CN1CCC2(CC1)CN(C(=O)c1ccc3[nH]nc(/C=C\c4ccccc4-c4ccccc4)c3c1)C2. The first-order valence-corrected chi connectivity index (χ1v) is 12.4. The van der Waals surface area contributed by atoms with E-state index in [0.717, 1.165) is 53.9 Å². The minimum Gasteiger partial charge on any atom is -0.337 e. The van der Waals surface area contributed by atoms with E-state index < -0.39 is 0 Å². The lowest BCUT2D eigenvalue weighted by molar-refractivity contribution is -0.0283. The van der Waals surface area contributed by atoms with Crippen LogP contribution in [0.2, 0.25) is 0 Å². The molecule has 0 bridgehead atoms. The molecule has 3 aromatic carbocycles. The van der Waals surface area contributed by atoms with Gasteiger partial charge < -0.3 is 9.80 Å². The predicted molar refractivity (Wildman–Crippen MR) is 142 cm³/mol.